The van der Waals surface area contributed by atoms with E-state index in [4.69, 9.17) is 9.94 Å². The van der Waals surface area contributed by atoms with Gasteiger partial charge in [-0.15, -0.1) is 4.73 Å². The van der Waals surface area contributed by atoms with E-state index in [1.54, 1.807) is 0 Å². The number of amides is 1. The topological polar surface area (TPSA) is 118 Å². The lowest BCUT2D eigenvalue weighted by atomic mass is 10.1. The fraction of sp³-hybridized carbons (Fsp3) is 0.167. The molecule has 168 valence electrons. The number of aromatic nitrogens is 3. The molecule has 0 fully saturated rings. The van der Waals surface area contributed by atoms with Crippen LogP contribution in [0.3, 0.4) is 0 Å². The number of carbonyl (C=O) groups is 1. The predicted molar refractivity (Wildman–Crippen MR) is 124 cm³/mol. The van der Waals surface area contributed by atoms with Crippen molar-refractivity contribution in [1.29, 1.82) is 0 Å². The third-order valence-corrected chi connectivity index (χ3v) is 5.17. The minimum absolute atomic E-state index is 0.186. The molecule has 1 amide bonds. The predicted octanol–water partition coefficient (Wildman–Crippen LogP) is 3.11. The molecule has 4 aromatic rings. The number of hydrogen-bond donors (Lipinski definition) is 3. The average Bonchev–Trinajstić information content (AvgIpc) is 2.82. The highest BCUT2D eigenvalue weighted by Crippen LogP contribution is 2.23. The van der Waals surface area contributed by atoms with Gasteiger partial charge in [0.25, 0.3) is 5.56 Å². The van der Waals surface area contributed by atoms with Crippen molar-refractivity contribution in [3.05, 3.63) is 99.7 Å². The molecule has 0 aliphatic carbocycles. The van der Waals surface area contributed by atoms with Gasteiger partial charge >= 0.3 is 6.09 Å². The fourth-order valence-electron chi connectivity index (χ4n) is 3.53. The first-order valence-electron chi connectivity index (χ1n) is 10.3. The lowest BCUT2D eigenvalue weighted by Gasteiger charge is -2.16. The molecule has 3 N–H and O–H groups in total. The van der Waals surface area contributed by atoms with Gasteiger partial charge < -0.3 is 20.6 Å². The second kappa shape index (κ2) is 9.82. The highest BCUT2D eigenvalue weighted by molar-refractivity contribution is 5.90. The smallest absolute Gasteiger partial charge is 0.404 e. The summed E-state index contributed by atoms with van der Waals surface area (Å²) in [6, 6.07) is 18.5. The number of anilines is 1. The van der Waals surface area contributed by atoms with Gasteiger partial charge in [0.2, 0.25) is 0 Å². The molecule has 9 nitrogen and oxygen atoms in total. The zero-order valence-corrected chi connectivity index (χ0v) is 18.0. The number of nitrogens with one attached hydrogen (secondary N) is 2. The van der Waals surface area contributed by atoms with Gasteiger partial charge in [-0.25, -0.2) is 14.8 Å². The van der Waals surface area contributed by atoms with Crippen molar-refractivity contribution in [2.45, 2.75) is 26.6 Å². The number of hydrogen-bond acceptors (Lipinski definition) is 6. The largest absolute Gasteiger partial charge is 0.465 e. The van der Waals surface area contributed by atoms with Crippen LogP contribution in [0.5, 0.6) is 0 Å². The number of nitrogens with zero attached hydrogens (tertiary/aromatic N) is 3. The Bertz CT molecular complexity index is 1340. The molecule has 2 heterocycles. The second-order valence-electron chi connectivity index (χ2n) is 7.39. The van der Waals surface area contributed by atoms with E-state index in [-0.39, 0.29) is 18.7 Å². The van der Waals surface area contributed by atoms with Crippen molar-refractivity contribution in [1.82, 2.24) is 20.0 Å². The van der Waals surface area contributed by atoms with Crippen LogP contribution in [0.25, 0.3) is 11.0 Å². The van der Waals surface area contributed by atoms with Crippen LogP contribution in [-0.4, -0.2) is 25.9 Å². The minimum atomic E-state index is -1.09. The quantitative estimate of drug-likeness (QED) is 0.381. The van der Waals surface area contributed by atoms with Crippen LogP contribution < -0.4 is 21.0 Å². The highest BCUT2D eigenvalue weighted by Gasteiger charge is 2.15. The van der Waals surface area contributed by atoms with Crippen LogP contribution in [0.2, 0.25) is 0 Å². The van der Waals surface area contributed by atoms with E-state index in [0.29, 0.717) is 29.0 Å². The Morgan fingerprint density at radius 3 is 2.45 bits per heavy atom. The molecule has 33 heavy (non-hydrogen) atoms. The first kappa shape index (κ1) is 21.8. The number of fused-ring (bicyclic) bond motifs is 1. The summed E-state index contributed by atoms with van der Waals surface area (Å²) >= 11 is 0. The maximum Gasteiger partial charge on any atom is 0.404 e. The Kier molecular flexibility index (Phi) is 6.49. The zero-order valence-electron chi connectivity index (χ0n) is 18.0. The third-order valence-electron chi connectivity index (χ3n) is 5.17. The van der Waals surface area contributed by atoms with Gasteiger partial charge in [0.05, 0.1) is 16.8 Å². The highest BCUT2D eigenvalue weighted by atomic mass is 16.7. The first-order chi connectivity index (χ1) is 16.0. The monoisotopic (exact) mass is 445 g/mol. The molecule has 9 heteroatoms. The summed E-state index contributed by atoms with van der Waals surface area (Å²) in [5.74, 6) is 0. The normalized spacial score (nSPS) is 10.7. The SMILES string of the molecule is Cc1ncnc2c1c(NCc1ccccc1CNC(=O)O)cc(=O)n2OCc1ccccc1. The summed E-state index contributed by atoms with van der Waals surface area (Å²) < 4.78 is 1.19. The average molecular weight is 445 g/mol. The van der Waals surface area contributed by atoms with Crippen LogP contribution in [0.1, 0.15) is 22.4 Å². The minimum Gasteiger partial charge on any atom is -0.465 e. The molecule has 0 radical (unpaired) electrons. The van der Waals surface area contributed by atoms with Crippen molar-refractivity contribution < 1.29 is 14.7 Å². The molecule has 0 saturated carbocycles. The van der Waals surface area contributed by atoms with Crippen molar-refractivity contribution in [2.75, 3.05) is 5.32 Å². The van der Waals surface area contributed by atoms with Crippen molar-refractivity contribution in [3.63, 3.8) is 0 Å². The Morgan fingerprint density at radius 2 is 1.73 bits per heavy atom. The Morgan fingerprint density at radius 1 is 1.03 bits per heavy atom. The molecule has 0 aliphatic rings. The number of carboxylic acid groups (broad SMARTS) is 1. The summed E-state index contributed by atoms with van der Waals surface area (Å²) in [6.07, 6.45) is 0.312. The maximum absolute atomic E-state index is 12.9. The van der Waals surface area contributed by atoms with Crippen LogP contribution in [-0.2, 0) is 19.7 Å². The maximum atomic E-state index is 12.9. The van der Waals surface area contributed by atoms with Gasteiger partial charge in [-0.2, -0.15) is 0 Å². The molecule has 0 spiro atoms. The Labute approximate surface area is 189 Å². The molecular weight excluding hydrogens is 422 g/mol. The summed E-state index contributed by atoms with van der Waals surface area (Å²) in [5.41, 5.74) is 3.95. The summed E-state index contributed by atoms with van der Waals surface area (Å²) in [5, 5.41) is 15.3. The van der Waals surface area contributed by atoms with Gasteiger partial charge in [0, 0.05) is 19.2 Å². The third kappa shape index (κ3) is 5.09. The molecule has 2 aromatic carbocycles. The zero-order chi connectivity index (χ0) is 23.2. The molecule has 0 bridgehead atoms. The second-order valence-corrected chi connectivity index (χ2v) is 7.39. The van der Waals surface area contributed by atoms with E-state index >= 15 is 0 Å². The van der Waals surface area contributed by atoms with E-state index in [0.717, 1.165) is 16.7 Å². The summed E-state index contributed by atoms with van der Waals surface area (Å²) in [4.78, 5) is 38.2. The molecule has 4 rings (SSSR count). The van der Waals surface area contributed by atoms with E-state index in [2.05, 4.69) is 20.6 Å². The molecular formula is C24H23N5O4. The number of pyridine rings is 1. The van der Waals surface area contributed by atoms with Gasteiger partial charge in [0.1, 0.15) is 12.9 Å². The molecule has 2 aromatic heterocycles. The summed E-state index contributed by atoms with van der Waals surface area (Å²) in [6.45, 7) is 2.63. The van der Waals surface area contributed by atoms with Crippen molar-refractivity contribution in [3.8, 4) is 0 Å². The standard InChI is InChI=1S/C24H23N5O4/c1-16-22-20(25-12-18-9-5-6-10-19(18)13-26-24(31)32)11-21(30)29(23(22)28-15-27-16)33-14-17-7-3-2-4-8-17/h2-11,15,25-26H,12-14H2,1H3,(H,31,32). The molecule has 0 unspecified atom stereocenters. The van der Waals surface area contributed by atoms with Gasteiger partial charge in [0.15, 0.2) is 5.65 Å². The van der Waals surface area contributed by atoms with E-state index in [1.807, 2.05) is 61.5 Å². The van der Waals surface area contributed by atoms with E-state index in [1.165, 1.54) is 17.1 Å². The number of aryl methyl sites for hydroxylation is 1. The van der Waals surface area contributed by atoms with Gasteiger partial charge in [-0.3, -0.25) is 4.79 Å². The van der Waals surface area contributed by atoms with Crippen LogP contribution in [0.4, 0.5) is 10.5 Å². The van der Waals surface area contributed by atoms with Crippen molar-refractivity contribution in [2.24, 2.45) is 0 Å². The van der Waals surface area contributed by atoms with Gasteiger partial charge in [-0.1, -0.05) is 54.6 Å². The molecule has 0 saturated heterocycles. The van der Waals surface area contributed by atoms with Crippen LogP contribution in [0, 0.1) is 6.92 Å². The first-order valence-corrected chi connectivity index (χ1v) is 10.3. The fourth-order valence-corrected chi connectivity index (χ4v) is 3.53. The van der Waals surface area contributed by atoms with Crippen molar-refractivity contribution >= 4 is 22.8 Å². The lowest BCUT2D eigenvalue weighted by molar-refractivity contribution is 0.0979. The Balaban J connectivity index is 1.63. The van der Waals surface area contributed by atoms with E-state index in [9.17, 15) is 9.59 Å². The van der Waals surface area contributed by atoms with Gasteiger partial charge in [-0.05, 0) is 23.6 Å². The van der Waals surface area contributed by atoms with Crippen LogP contribution >= 0.6 is 0 Å². The lowest BCUT2D eigenvalue weighted by Crippen LogP contribution is -2.28. The molecule has 0 aliphatic heterocycles. The summed E-state index contributed by atoms with van der Waals surface area (Å²) in [7, 11) is 0. The number of benzene rings is 2. The number of rotatable bonds is 8. The Hall–Kier alpha value is -4.40. The van der Waals surface area contributed by atoms with E-state index < -0.39 is 6.09 Å². The molecule has 0 atom stereocenters. The van der Waals surface area contributed by atoms with Crippen LogP contribution in [0.15, 0.2) is 71.8 Å².